The maximum atomic E-state index is 13.3. The van der Waals surface area contributed by atoms with Gasteiger partial charge in [0.05, 0.1) is 61.3 Å². The Labute approximate surface area is 392 Å². The normalized spacial score (nSPS) is 18.8. The number of carbonyl (C=O) groups is 2. The summed E-state index contributed by atoms with van der Waals surface area (Å²) in [4.78, 5) is 25.5. The number of benzene rings is 4. The quantitative estimate of drug-likeness (QED) is 0.0803. The lowest BCUT2D eigenvalue weighted by molar-refractivity contribution is 0.0592. The van der Waals surface area contributed by atoms with Gasteiger partial charge in [-0.3, -0.25) is 8.61 Å². The highest BCUT2D eigenvalue weighted by Gasteiger charge is 2.26. The van der Waals surface area contributed by atoms with Gasteiger partial charge in [-0.05, 0) is 107 Å². The van der Waals surface area contributed by atoms with Crippen LogP contribution < -0.4 is 24.6 Å². The van der Waals surface area contributed by atoms with Gasteiger partial charge in [0.25, 0.3) is 0 Å². The maximum Gasteiger partial charge on any atom is 0.337 e. The molecular formula is C48H67ClN6O8S2. The summed E-state index contributed by atoms with van der Waals surface area (Å²) in [5.74, 6) is -0.502. The molecule has 356 valence electrons. The van der Waals surface area contributed by atoms with E-state index >= 15 is 0 Å². The van der Waals surface area contributed by atoms with Gasteiger partial charge in [-0.15, -0.1) is 11.6 Å². The molecule has 0 unspecified atom stereocenters. The molecule has 4 atom stereocenters. The number of hydrogen-bond acceptors (Lipinski definition) is 12. The number of piperazine rings is 2. The second-order valence-electron chi connectivity index (χ2n) is 16.4. The molecule has 2 heterocycles. The Balaban J connectivity index is 0.000000248. The molecule has 14 nitrogen and oxygen atoms in total. The van der Waals surface area contributed by atoms with Crippen molar-refractivity contribution in [1.82, 2.24) is 20.9 Å². The third kappa shape index (κ3) is 17.6. The van der Waals surface area contributed by atoms with E-state index in [1.807, 2.05) is 24.3 Å². The van der Waals surface area contributed by atoms with Crippen LogP contribution in [-0.4, -0.2) is 122 Å². The average Bonchev–Trinajstić information content (AvgIpc) is 3.29. The van der Waals surface area contributed by atoms with Gasteiger partial charge in [0.15, 0.2) is 0 Å². The number of rotatable bonds is 17. The Bertz CT molecular complexity index is 2240. The monoisotopic (exact) mass is 954 g/mol. The first kappa shape index (κ1) is 53.1. The number of nitrogens with one attached hydrogen (secondary N) is 3. The minimum absolute atomic E-state index is 0.0222. The van der Waals surface area contributed by atoms with Crippen molar-refractivity contribution in [2.45, 2.75) is 77.8 Å². The highest BCUT2D eigenvalue weighted by Crippen LogP contribution is 2.24. The van der Waals surface area contributed by atoms with Crippen LogP contribution in [0.15, 0.2) is 109 Å². The second kappa shape index (κ2) is 26.6. The van der Waals surface area contributed by atoms with Crippen LogP contribution in [0.25, 0.3) is 0 Å². The topological polar surface area (TPSA) is 167 Å². The van der Waals surface area contributed by atoms with Gasteiger partial charge in [-0.1, -0.05) is 60.7 Å². The molecule has 4 aromatic rings. The molecule has 17 heteroatoms. The van der Waals surface area contributed by atoms with Gasteiger partial charge < -0.3 is 30.3 Å². The Kier molecular flexibility index (Phi) is 21.7. The highest BCUT2D eigenvalue weighted by molar-refractivity contribution is 7.93. The highest BCUT2D eigenvalue weighted by atomic mass is 35.5. The first-order chi connectivity index (χ1) is 31.0. The van der Waals surface area contributed by atoms with E-state index in [0.717, 1.165) is 43.9 Å². The first-order valence-corrected chi connectivity index (χ1v) is 25.8. The lowest BCUT2D eigenvalue weighted by Gasteiger charge is -2.36. The van der Waals surface area contributed by atoms with Crippen molar-refractivity contribution < 1.29 is 35.9 Å². The molecule has 2 aliphatic heterocycles. The van der Waals surface area contributed by atoms with E-state index in [-0.39, 0.29) is 30.5 Å². The summed E-state index contributed by atoms with van der Waals surface area (Å²) < 4.78 is 64.3. The lowest BCUT2D eigenvalue weighted by Crippen LogP contribution is -2.54. The number of nitrogens with zero attached hydrogens (tertiary/aromatic N) is 3. The van der Waals surface area contributed by atoms with Gasteiger partial charge >= 0.3 is 11.9 Å². The summed E-state index contributed by atoms with van der Waals surface area (Å²) in [5.41, 5.74) is 3.65. The van der Waals surface area contributed by atoms with Crippen LogP contribution in [0.4, 0.5) is 11.4 Å². The summed E-state index contributed by atoms with van der Waals surface area (Å²) in [6, 6.07) is 33.7. The molecule has 2 fully saturated rings. The molecule has 0 bridgehead atoms. The van der Waals surface area contributed by atoms with Crippen molar-refractivity contribution in [2.24, 2.45) is 0 Å². The number of hydrogen-bond donors (Lipinski definition) is 3. The van der Waals surface area contributed by atoms with Gasteiger partial charge in [-0.2, -0.15) is 0 Å². The fourth-order valence-corrected chi connectivity index (χ4v) is 10.9. The Morgan fingerprint density at radius 2 is 0.985 bits per heavy atom. The third-order valence-corrected chi connectivity index (χ3v) is 14.6. The van der Waals surface area contributed by atoms with Crippen LogP contribution in [0.5, 0.6) is 0 Å². The largest absolute Gasteiger partial charge is 0.465 e. The zero-order chi connectivity index (χ0) is 47.4. The number of ether oxygens (including phenoxy) is 2. The van der Waals surface area contributed by atoms with Crippen molar-refractivity contribution in [1.29, 1.82) is 0 Å². The average molecular weight is 956 g/mol. The molecule has 0 spiro atoms. The maximum absolute atomic E-state index is 13.3. The number of methoxy groups -OCH3 is 2. The number of anilines is 2. The number of halogens is 1. The Hall–Kier alpha value is -4.55. The van der Waals surface area contributed by atoms with E-state index in [1.165, 1.54) is 22.8 Å². The van der Waals surface area contributed by atoms with Crippen LogP contribution in [0.3, 0.4) is 0 Å². The molecule has 0 saturated carbocycles. The Morgan fingerprint density at radius 1 is 0.600 bits per heavy atom. The molecule has 0 aromatic heterocycles. The summed E-state index contributed by atoms with van der Waals surface area (Å²) in [6.45, 7) is 13.9. The van der Waals surface area contributed by atoms with E-state index in [9.17, 15) is 26.4 Å². The molecule has 4 aromatic carbocycles. The SMILES string of the molecule is COC(=O)c1ccc(CN(c2ccccc2)S(=O)(=O)CCCCl)cc1.COC(=O)c1ccc(CN(c2ccccc2)S(=O)(=O)CCCN2C[C@@H](C)N[C@@H](C)C2)cc1.C[C@@H]1CNC[C@H](C)N1. The Morgan fingerprint density at radius 3 is 1.34 bits per heavy atom. The predicted octanol–water partition coefficient (Wildman–Crippen LogP) is 6.28. The predicted molar refractivity (Wildman–Crippen MR) is 262 cm³/mol. The molecule has 0 amide bonds. The third-order valence-electron chi connectivity index (χ3n) is 10.7. The van der Waals surface area contributed by atoms with Crippen molar-refractivity contribution in [3.63, 3.8) is 0 Å². The van der Waals surface area contributed by atoms with Crippen molar-refractivity contribution in [2.75, 3.05) is 72.9 Å². The van der Waals surface area contributed by atoms with E-state index in [0.29, 0.717) is 59.5 Å². The first-order valence-electron chi connectivity index (χ1n) is 22.0. The van der Waals surface area contributed by atoms with Crippen molar-refractivity contribution in [3.8, 4) is 0 Å². The molecule has 0 radical (unpaired) electrons. The standard InChI is InChI=1S/C24H33N3O4S.C18H20ClNO4S.C6H14N2/c1-19-16-26(17-20(2)25-19)14-7-15-32(29,30)27(23-8-5-4-6-9-23)18-21-10-12-22(13-11-21)24(28)31-3;1-24-18(21)16-10-8-15(9-11-16)14-20(17-6-3-2-4-7-17)25(22,23)13-5-12-19;1-5-3-7-4-6(2)8-5/h4-6,8-13,19-20,25H,7,14-18H2,1-3H3;2-4,6-11H,5,12-14H2,1H3;5-8H,3-4H2,1-2H3/t19-,20+;;5-,6+. The van der Waals surface area contributed by atoms with E-state index in [2.05, 4.69) is 53.3 Å². The number of alkyl halides is 1. The summed E-state index contributed by atoms with van der Waals surface area (Å²) >= 11 is 5.65. The smallest absolute Gasteiger partial charge is 0.337 e. The van der Waals surface area contributed by atoms with Crippen LogP contribution in [0, 0.1) is 0 Å². The molecular weight excluding hydrogens is 888 g/mol. The zero-order valence-electron chi connectivity index (χ0n) is 38.5. The number of sulfonamides is 2. The van der Waals surface area contributed by atoms with E-state index in [1.54, 1.807) is 84.9 Å². The van der Waals surface area contributed by atoms with Gasteiger partial charge in [0.1, 0.15) is 0 Å². The summed E-state index contributed by atoms with van der Waals surface area (Å²) in [5, 5.41) is 10.2. The molecule has 2 aliphatic rings. The van der Waals surface area contributed by atoms with Gasteiger partial charge in [-0.25, -0.2) is 26.4 Å². The lowest BCUT2D eigenvalue weighted by atomic mass is 10.1. The number of carbonyl (C=O) groups excluding carboxylic acids is 2. The summed E-state index contributed by atoms with van der Waals surface area (Å²) in [7, 11) is -4.39. The molecule has 6 rings (SSSR count). The second-order valence-corrected chi connectivity index (χ2v) is 20.8. The van der Waals surface area contributed by atoms with Crippen LogP contribution >= 0.6 is 11.6 Å². The number of para-hydroxylation sites is 2. The molecule has 0 aliphatic carbocycles. The molecule has 2 saturated heterocycles. The van der Waals surface area contributed by atoms with Crippen molar-refractivity contribution >= 4 is 55.0 Å². The minimum Gasteiger partial charge on any atom is -0.465 e. The van der Waals surface area contributed by atoms with Crippen molar-refractivity contribution in [3.05, 3.63) is 131 Å². The van der Waals surface area contributed by atoms with Crippen LogP contribution in [-0.2, 0) is 42.6 Å². The van der Waals surface area contributed by atoms with Crippen LogP contribution in [0.1, 0.15) is 72.4 Å². The number of esters is 2. The zero-order valence-corrected chi connectivity index (χ0v) is 40.9. The minimum atomic E-state index is -3.53. The summed E-state index contributed by atoms with van der Waals surface area (Å²) in [6.07, 6.45) is 0.959. The fourth-order valence-electron chi connectivity index (χ4n) is 7.62. The fraction of sp³-hybridized carbons (Fsp3) is 0.458. The van der Waals surface area contributed by atoms with E-state index < -0.39 is 32.0 Å². The van der Waals surface area contributed by atoms with E-state index in [4.69, 9.17) is 16.3 Å². The van der Waals surface area contributed by atoms with Gasteiger partial charge in [0.2, 0.25) is 20.0 Å². The molecule has 65 heavy (non-hydrogen) atoms. The van der Waals surface area contributed by atoms with Gasteiger partial charge in [0, 0.05) is 56.2 Å². The molecule has 3 N–H and O–H groups in total. The van der Waals surface area contributed by atoms with Crippen LogP contribution in [0.2, 0.25) is 0 Å².